The van der Waals surface area contributed by atoms with Crippen molar-refractivity contribution in [2.75, 3.05) is 0 Å². The van der Waals surface area contributed by atoms with E-state index in [2.05, 4.69) is 9.84 Å². The first-order valence-electron chi connectivity index (χ1n) is 5.45. The lowest BCUT2D eigenvalue weighted by Crippen LogP contribution is -2.38. The highest BCUT2D eigenvalue weighted by molar-refractivity contribution is 5.85. The molecular weight excluding hydrogens is 238 g/mol. The quantitative estimate of drug-likeness (QED) is 0.630. The van der Waals surface area contributed by atoms with Gasteiger partial charge >= 0.3 is 12.1 Å². The lowest BCUT2D eigenvalue weighted by molar-refractivity contribution is -0.143. The van der Waals surface area contributed by atoms with E-state index in [0.29, 0.717) is 0 Å². The Morgan fingerprint density at radius 2 is 2.11 bits per heavy atom. The number of nitrogens with two attached hydrogens (primary N) is 1. The van der Waals surface area contributed by atoms with E-state index < -0.39 is 23.8 Å². The Morgan fingerprint density at radius 1 is 1.44 bits per heavy atom. The van der Waals surface area contributed by atoms with Gasteiger partial charge in [-0.3, -0.25) is 4.68 Å². The molecule has 1 rings (SSSR count). The van der Waals surface area contributed by atoms with Crippen molar-refractivity contribution < 1.29 is 19.1 Å². The Hall–Kier alpha value is -1.89. The summed E-state index contributed by atoms with van der Waals surface area (Å²) in [4.78, 5) is 22.7. The number of hydrogen-bond acceptors (Lipinski definition) is 6. The number of nitrogens with zero attached hydrogens (tertiary/aromatic N) is 2. The van der Waals surface area contributed by atoms with Crippen molar-refractivity contribution in [1.29, 1.82) is 0 Å². The molecular formula is C11H17N3O4. The van der Waals surface area contributed by atoms with Crippen LogP contribution in [0.5, 0.6) is 0 Å². The van der Waals surface area contributed by atoms with Crippen molar-refractivity contribution in [3.05, 3.63) is 18.5 Å². The maximum atomic E-state index is 11.5. The number of rotatable bonds is 3. The molecule has 2 N–H and O–H groups in total. The summed E-state index contributed by atoms with van der Waals surface area (Å²) in [5.41, 5.74) is 4.86. The molecule has 0 aliphatic carbocycles. The van der Waals surface area contributed by atoms with Gasteiger partial charge in [-0.05, 0) is 26.8 Å². The highest BCUT2D eigenvalue weighted by Crippen LogP contribution is 2.08. The second kappa shape index (κ2) is 5.63. The van der Waals surface area contributed by atoms with Crippen molar-refractivity contribution in [2.45, 2.75) is 39.0 Å². The monoisotopic (exact) mass is 255 g/mol. The van der Waals surface area contributed by atoms with Gasteiger partial charge in [-0.25, -0.2) is 9.59 Å². The van der Waals surface area contributed by atoms with Crippen molar-refractivity contribution in [3.8, 4) is 0 Å². The van der Waals surface area contributed by atoms with E-state index in [1.54, 1.807) is 39.2 Å². The minimum Gasteiger partial charge on any atom is -0.428 e. The van der Waals surface area contributed by atoms with Crippen molar-refractivity contribution >= 4 is 12.1 Å². The van der Waals surface area contributed by atoms with Crippen LogP contribution in [0.2, 0.25) is 0 Å². The molecule has 0 saturated carbocycles. The SMILES string of the molecule is CC(C)(C)OC(=O)OC(=O)[C@@H](N)Cn1cccn1. The first-order chi connectivity index (χ1) is 8.28. The van der Waals surface area contributed by atoms with Gasteiger partial charge in [0.15, 0.2) is 0 Å². The Labute approximate surface area is 105 Å². The largest absolute Gasteiger partial charge is 0.516 e. The van der Waals surface area contributed by atoms with Crippen LogP contribution in [0.4, 0.5) is 4.79 Å². The Balaban J connectivity index is 2.43. The first-order valence-corrected chi connectivity index (χ1v) is 5.45. The van der Waals surface area contributed by atoms with Gasteiger partial charge in [0, 0.05) is 12.4 Å². The summed E-state index contributed by atoms with van der Waals surface area (Å²) < 4.78 is 10.8. The fourth-order valence-electron chi connectivity index (χ4n) is 1.11. The Morgan fingerprint density at radius 3 is 2.61 bits per heavy atom. The molecule has 100 valence electrons. The molecule has 0 aliphatic heterocycles. The van der Waals surface area contributed by atoms with Crippen LogP contribution in [-0.4, -0.2) is 33.5 Å². The molecule has 18 heavy (non-hydrogen) atoms. The van der Waals surface area contributed by atoms with Gasteiger partial charge in [-0.2, -0.15) is 5.10 Å². The molecule has 1 atom stereocenters. The van der Waals surface area contributed by atoms with Gasteiger partial charge in [0.05, 0.1) is 6.54 Å². The summed E-state index contributed by atoms with van der Waals surface area (Å²) in [6.45, 7) is 5.14. The number of carbonyl (C=O) groups excluding carboxylic acids is 2. The highest BCUT2D eigenvalue weighted by Gasteiger charge is 2.24. The highest BCUT2D eigenvalue weighted by atomic mass is 16.7. The van der Waals surface area contributed by atoms with Crippen LogP contribution in [0, 0.1) is 0 Å². The van der Waals surface area contributed by atoms with Crippen molar-refractivity contribution in [3.63, 3.8) is 0 Å². The molecule has 1 aromatic heterocycles. The third-order valence-corrected chi connectivity index (χ3v) is 1.82. The maximum absolute atomic E-state index is 11.5. The fourth-order valence-corrected chi connectivity index (χ4v) is 1.11. The van der Waals surface area contributed by atoms with Gasteiger partial charge < -0.3 is 15.2 Å². The normalized spacial score (nSPS) is 12.9. The fraction of sp³-hybridized carbons (Fsp3) is 0.545. The molecule has 0 amide bonds. The van der Waals surface area contributed by atoms with E-state index >= 15 is 0 Å². The van der Waals surface area contributed by atoms with Gasteiger partial charge in [0.1, 0.15) is 11.6 Å². The average molecular weight is 255 g/mol. The predicted molar refractivity (Wildman–Crippen MR) is 62.5 cm³/mol. The first kappa shape index (κ1) is 14.2. The summed E-state index contributed by atoms with van der Waals surface area (Å²) in [5.74, 6) is -0.847. The van der Waals surface area contributed by atoms with Gasteiger partial charge in [0.25, 0.3) is 0 Å². The third kappa shape index (κ3) is 4.96. The molecule has 0 aromatic carbocycles. The summed E-state index contributed by atoms with van der Waals surface area (Å²) in [5, 5.41) is 3.89. The van der Waals surface area contributed by atoms with Crippen molar-refractivity contribution in [1.82, 2.24) is 9.78 Å². The molecule has 1 aromatic rings. The smallest absolute Gasteiger partial charge is 0.428 e. The van der Waals surface area contributed by atoms with Crippen molar-refractivity contribution in [2.24, 2.45) is 5.73 Å². The molecule has 0 unspecified atom stereocenters. The number of aromatic nitrogens is 2. The van der Waals surface area contributed by atoms with Gasteiger partial charge in [0.2, 0.25) is 0 Å². The lowest BCUT2D eigenvalue weighted by atomic mass is 10.2. The molecule has 0 fully saturated rings. The molecule has 0 aliphatic rings. The van der Waals surface area contributed by atoms with Crippen LogP contribution in [-0.2, 0) is 20.8 Å². The molecule has 0 spiro atoms. The number of hydrogen-bond donors (Lipinski definition) is 1. The summed E-state index contributed by atoms with van der Waals surface area (Å²) in [6, 6.07) is 0.726. The number of carbonyl (C=O) groups is 2. The van der Waals surface area contributed by atoms with E-state index in [-0.39, 0.29) is 6.54 Å². The minimum absolute atomic E-state index is 0.134. The molecule has 7 nitrogen and oxygen atoms in total. The molecule has 0 saturated heterocycles. The van der Waals surface area contributed by atoms with Gasteiger partial charge in [-0.15, -0.1) is 0 Å². The number of ether oxygens (including phenoxy) is 2. The van der Waals surface area contributed by atoms with E-state index in [4.69, 9.17) is 10.5 Å². The summed E-state index contributed by atoms with van der Waals surface area (Å²) in [6.07, 6.45) is 2.16. The van der Waals surface area contributed by atoms with E-state index in [1.807, 2.05) is 0 Å². The maximum Gasteiger partial charge on any atom is 0.516 e. The molecule has 0 bridgehead atoms. The zero-order chi connectivity index (χ0) is 13.8. The molecule has 1 heterocycles. The van der Waals surface area contributed by atoms with Crippen LogP contribution >= 0.6 is 0 Å². The Kier molecular flexibility index (Phi) is 4.43. The van der Waals surface area contributed by atoms with Crippen LogP contribution in [0.15, 0.2) is 18.5 Å². The second-order valence-electron chi connectivity index (χ2n) is 4.72. The van der Waals surface area contributed by atoms with Crippen LogP contribution in [0.25, 0.3) is 0 Å². The predicted octanol–water partition coefficient (Wildman–Crippen LogP) is 0.689. The van der Waals surface area contributed by atoms with E-state index in [0.717, 1.165) is 0 Å². The minimum atomic E-state index is -1.05. The Bertz CT molecular complexity index is 408. The summed E-state index contributed by atoms with van der Waals surface area (Å²) in [7, 11) is 0. The van der Waals surface area contributed by atoms with Crippen LogP contribution in [0.1, 0.15) is 20.8 Å². The molecule has 7 heteroatoms. The van der Waals surface area contributed by atoms with Crippen LogP contribution < -0.4 is 5.73 Å². The molecule has 0 radical (unpaired) electrons. The van der Waals surface area contributed by atoms with Crippen LogP contribution in [0.3, 0.4) is 0 Å². The van der Waals surface area contributed by atoms with Gasteiger partial charge in [-0.1, -0.05) is 0 Å². The lowest BCUT2D eigenvalue weighted by Gasteiger charge is -2.19. The topological polar surface area (TPSA) is 96.4 Å². The zero-order valence-electron chi connectivity index (χ0n) is 10.6. The average Bonchev–Trinajstić information content (AvgIpc) is 2.66. The zero-order valence-corrected chi connectivity index (χ0v) is 10.6. The summed E-state index contributed by atoms with van der Waals surface area (Å²) >= 11 is 0. The van der Waals surface area contributed by atoms with E-state index in [9.17, 15) is 9.59 Å². The second-order valence-corrected chi connectivity index (χ2v) is 4.72. The van der Waals surface area contributed by atoms with E-state index in [1.165, 1.54) is 4.68 Å². The standard InChI is InChI=1S/C11H17N3O4/c1-11(2,3)18-10(16)17-9(15)8(12)7-14-6-4-5-13-14/h4-6,8H,7,12H2,1-3H3/t8-/m0/s1. The number of esters is 1. The third-order valence-electron chi connectivity index (χ3n) is 1.82.